The summed E-state index contributed by atoms with van der Waals surface area (Å²) >= 11 is 0. The Bertz CT molecular complexity index is 1520. The van der Waals surface area contributed by atoms with Crippen molar-refractivity contribution in [3.63, 3.8) is 0 Å². The molecule has 0 bridgehead atoms. The van der Waals surface area contributed by atoms with Crippen molar-refractivity contribution in [3.8, 4) is 30.3 Å². The van der Waals surface area contributed by atoms with Gasteiger partial charge in [0.05, 0.1) is 6.20 Å². The highest BCUT2D eigenvalue weighted by Gasteiger charge is 2.21. The number of hydrogen-bond donors (Lipinski definition) is 0. The second-order valence-corrected chi connectivity index (χ2v) is 5.25. The smallest absolute Gasteiger partial charge is 0.177 e. The molecule has 4 aromatic rings. The second kappa shape index (κ2) is 5.89. The van der Waals surface area contributed by atoms with E-state index in [1.54, 1.807) is 24.3 Å². The van der Waals surface area contributed by atoms with E-state index in [0.717, 1.165) is 0 Å². The van der Waals surface area contributed by atoms with E-state index in [9.17, 15) is 21.0 Å². The number of benzene rings is 1. The lowest BCUT2D eigenvalue weighted by Crippen LogP contribution is -2.04. The van der Waals surface area contributed by atoms with Crippen LogP contribution in [0.1, 0.15) is 28.5 Å². The Morgan fingerprint density at radius 2 is 0.821 bits per heavy atom. The quantitative estimate of drug-likeness (QED) is 0.404. The Labute approximate surface area is 155 Å². The van der Waals surface area contributed by atoms with Gasteiger partial charge in [-0.3, -0.25) is 0 Å². The molecule has 1 aromatic carbocycles. The minimum absolute atomic E-state index is 0.0140. The van der Waals surface area contributed by atoms with E-state index in [-0.39, 0.29) is 61.6 Å². The fourth-order valence-electron chi connectivity index (χ4n) is 2.62. The van der Waals surface area contributed by atoms with Crippen molar-refractivity contribution in [1.82, 2.24) is 29.9 Å². The van der Waals surface area contributed by atoms with E-state index in [0.29, 0.717) is 0 Å². The number of nitrogens with zero attached hydrogens (tertiary/aromatic N) is 11. The highest BCUT2D eigenvalue weighted by molar-refractivity contribution is 6.18. The fourth-order valence-corrected chi connectivity index (χ4v) is 2.62. The van der Waals surface area contributed by atoms with Crippen LogP contribution in [0.25, 0.3) is 33.1 Å². The van der Waals surface area contributed by atoms with E-state index in [1.807, 2.05) is 6.07 Å². The zero-order valence-corrected chi connectivity index (χ0v) is 13.5. The van der Waals surface area contributed by atoms with Crippen molar-refractivity contribution in [2.75, 3.05) is 0 Å². The molecule has 0 atom stereocenters. The molecular weight excluding hydrogens is 358 g/mol. The van der Waals surface area contributed by atoms with Crippen molar-refractivity contribution in [2.45, 2.75) is 0 Å². The van der Waals surface area contributed by atoms with Crippen LogP contribution in [0, 0.1) is 56.7 Å². The minimum Gasteiger partial charge on any atom is -0.249 e. The van der Waals surface area contributed by atoms with Crippen molar-refractivity contribution in [2.24, 2.45) is 0 Å². The highest BCUT2D eigenvalue weighted by Crippen LogP contribution is 2.30. The second-order valence-electron chi connectivity index (χ2n) is 5.25. The van der Waals surface area contributed by atoms with Crippen molar-refractivity contribution < 1.29 is 0 Å². The Hall–Kier alpha value is -5.31. The zero-order chi connectivity index (χ0) is 19.8. The van der Waals surface area contributed by atoms with Gasteiger partial charge in [-0.25, -0.2) is 29.9 Å². The van der Waals surface area contributed by atoms with Gasteiger partial charge >= 0.3 is 0 Å². The molecule has 0 aliphatic heterocycles. The van der Waals surface area contributed by atoms with Gasteiger partial charge in [-0.05, 0) is 0 Å². The van der Waals surface area contributed by atoms with Crippen LogP contribution in [0.4, 0.5) is 0 Å². The Morgan fingerprint density at radius 1 is 0.464 bits per heavy atom. The third-order valence-corrected chi connectivity index (χ3v) is 3.78. The lowest BCUT2D eigenvalue weighted by atomic mass is 10.1. The first kappa shape index (κ1) is 16.2. The normalized spacial score (nSPS) is 9.96. The molecule has 0 saturated carbocycles. The summed E-state index contributed by atoms with van der Waals surface area (Å²) in [4.78, 5) is 24.9. The van der Waals surface area contributed by atoms with Crippen LogP contribution in [0.5, 0.6) is 0 Å². The standard InChI is InChI=1S/C17HN11/c18-1-7-6-23-12-13(24-7)15-17(28-11(5-22)10(4-21)26-15)16-14(12)25-8(2-19)9(3-20)27-16/h6H. The number of fused-ring (bicyclic) bond motifs is 6. The van der Waals surface area contributed by atoms with Gasteiger partial charge in [-0.1, -0.05) is 0 Å². The third kappa shape index (κ3) is 2.11. The molecule has 0 fully saturated rings. The average molecular weight is 359 g/mol. The topological polar surface area (TPSA) is 196 Å². The van der Waals surface area contributed by atoms with Crippen LogP contribution in [-0.4, -0.2) is 29.9 Å². The molecular formula is C17HN11. The molecule has 0 aliphatic rings. The maximum atomic E-state index is 9.25. The lowest BCUT2D eigenvalue weighted by Gasteiger charge is -2.08. The van der Waals surface area contributed by atoms with Gasteiger partial charge in [0.2, 0.25) is 0 Å². The number of aromatic nitrogens is 6. The van der Waals surface area contributed by atoms with E-state index >= 15 is 0 Å². The zero-order valence-electron chi connectivity index (χ0n) is 13.5. The number of nitriles is 5. The first-order chi connectivity index (χ1) is 13.6. The Morgan fingerprint density at radius 3 is 1.18 bits per heavy atom. The summed E-state index contributed by atoms with van der Waals surface area (Å²) in [5.74, 6) is 0. The van der Waals surface area contributed by atoms with E-state index in [2.05, 4.69) is 29.9 Å². The minimum atomic E-state index is -0.246. The van der Waals surface area contributed by atoms with Crippen molar-refractivity contribution in [1.29, 1.82) is 26.3 Å². The number of rotatable bonds is 0. The first-order valence-electron chi connectivity index (χ1n) is 7.37. The summed E-state index contributed by atoms with van der Waals surface area (Å²) in [5, 5.41) is 46.1. The Kier molecular flexibility index (Phi) is 3.40. The van der Waals surface area contributed by atoms with Crippen molar-refractivity contribution in [3.05, 3.63) is 34.7 Å². The van der Waals surface area contributed by atoms with Gasteiger partial charge in [0.15, 0.2) is 28.5 Å². The van der Waals surface area contributed by atoms with Gasteiger partial charge in [-0.2, -0.15) is 26.3 Å². The maximum absolute atomic E-state index is 9.25. The summed E-state index contributed by atoms with van der Waals surface area (Å²) in [6.07, 6.45) is 1.21. The first-order valence-corrected chi connectivity index (χ1v) is 7.37. The van der Waals surface area contributed by atoms with Gasteiger partial charge < -0.3 is 0 Å². The predicted molar refractivity (Wildman–Crippen MR) is 89.3 cm³/mol. The SMILES string of the molecule is N#Cc1cnc2c(n1)c1nc(C#N)c(C#N)nc1c1nc(C#N)c(C#N)nc21. The molecule has 124 valence electrons. The molecule has 3 aromatic heterocycles. The summed E-state index contributed by atoms with van der Waals surface area (Å²) < 4.78 is 0. The molecule has 11 nitrogen and oxygen atoms in total. The molecule has 0 unspecified atom stereocenters. The largest absolute Gasteiger partial charge is 0.249 e. The van der Waals surface area contributed by atoms with E-state index in [4.69, 9.17) is 5.26 Å². The van der Waals surface area contributed by atoms with Gasteiger partial charge in [0, 0.05) is 0 Å². The fraction of sp³-hybridized carbons (Fsp3) is 0. The highest BCUT2D eigenvalue weighted by atomic mass is 14.9. The maximum Gasteiger partial charge on any atom is 0.177 e. The van der Waals surface area contributed by atoms with Crippen LogP contribution in [-0.2, 0) is 0 Å². The van der Waals surface area contributed by atoms with Crippen LogP contribution in [0.15, 0.2) is 6.20 Å². The molecule has 0 aliphatic carbocycles. The predicted octanol–water partition coefficient (Wildman–Crippen LogP) is 0.875. The molecule has 0 N–H and O–H groups in total. The monoisotopic (exact) mass is 359 g/mol. The van der Waals surface area contributed by atoms with Crippen LogP contribution in [0.3, 0.4) is 0 Å². The summed E-state index contributed by atoms with van der Waals surface area (Å²) in [6, 6.07) is 8.98. The van der Waals surface area contributed by atoms with Gasteiger partial charge in [0.1, 0.15) is 63.4 Å². The molecule has 0 amide bonds. The lowest BCUT2D eigenvalue weighted by molar-refractivity contribution is 1.16. The third-order valence-electron chi connectivity index (χ3n) is 3.78. The average Bonchev–Trinajstić information content (AvgIpc) is 2.76. The van der Waals surface area contributed by atoms with Gasteiger partial charge in [0.25, 0.3) is 0 Å². The van der Waals surface area contributed by atoms with Gasteiger partial charge in [-0.15, -0.1) is 0 Å². The molecule has 0 radical (unpaired) electrons. The molecule has 28 heavy (non-hydrogen) atoms. The van der Waals surface area contributed by atoms with Crippen molar-refractivity contribution >= 4 is 33.1 Å². The van der Waals surface area contributed by atoms with E-state index < -0.39 is 0 Å². The number of hydrogen-bond acceptors (Lipinski definition) is 11. The van der Waals surface area contributed by atoms with Crippen LogP contribution < -0.4 is 0 Å². The summed E-state index contributed by atoms with van der Waals surface area (Å²) in [7, 11) is 0. The summed E-state index contributed by atoms with van der Waals surface area (Å²) in [6.45, 7) is 0. The Balaban J connectivity index is 2.39. The van der Waals surface area contributed by atoms with Crippen LogP contribution >= 0.6 is 0 Å². The molecule has 3 heterocycles. The van der Waals surface area contributed by atoms with Crippen LogP contribution in [0.2, 0.25) is 0 Å². The van der Waals surface area contributed by atoms with E-state index in [1.165, 1.54) is 6.20 Å². The molecule has 11 heteroatoms. The summed E-state index contributed by atoms with van der Waals surface area (Å²) in [5.41, 5.74) is -0.363. The molecule has 4 rings (SSSR count). The molecule has 0 spiro atoms. The molecule has 0 saturated heterocycles.